The molecular weight excluding hydrogens is 309 g/mol. The van der Waals surface area contributed by atoms with Crippen LogP contribution in [0.15, 0.2) is 18.2 Å². The number of carboxylic acid groups (broad SMARTS) is 1. The molecule has 1 saturated heterocycles. The second kappa shape index (κ2) is 6.15. The van der Waals surface area contributed by atoms with Gasteiger partial charge >= 0.3 is 5.97 Å². The summed E-state index contributed by atoms with van der Waals surface area (Å²) in [6.07, 6.45) is 5.48. The lowest BCUT2D eigenvalue weighted by Gasteiger charge is -2.33. The van der Waals surface area contributed by atoms with E-state index in [1.165, 1.54) is 12.8 Å². The highest BCUT2D eigenvalue weighted by Gasteiger charge is 2.44. The van der Waals surface area contributed by atoms with Crippen LogP contribution < -0.4 is 0 Å². The van der Waals surface area contributed by atoms with E-state index in [-0.39, 0.29) is 6.04 Å². The van der Waals surface area contributed by atoms with Gasteiger partial charge in [0.15, 0.2) is 0 Å². The second-order valence-electron chi connectivity index (χ2n) is 6.12. The number of nitrogens with zero attached hydrogens (tertiary/aromatic N) is 1. The third-order valence-corrected chi connectivity index (χ3v) is 5.59. The largest absolute Gasteiger partial charge is 0.480 e. The monoisotopic (exact) mass is 327 g/mol. The number of rotatable bonds is 3. The highest BCUT2D eigenvalue weighted by molar-refractivity contribution is 6.42. The smallest absolute Gasteiger partial charge is 0.320 e. The van der Waals surface area contributed by atoms with Crippen molar-refractivity contribution in [2.24, 2.45) is 5.92 Å². The molecule has 0 amide bonds. The van der Waals surface area contributed by atoms with Crippen molar-refractivity contribution in [1.82, 2.24) is 4.90 Å². The summed E-state index contributed by atoms with van der Waals surface area (Å²) in [6, 6.07) is 5.59. The lowest BCUT2D eigenvalue weighted by atomic mass is 9.84. The van der Waals surface area contributed by atoms with E-state index in [1.54, 1.807) is 6.07 Å². The third-order valence-electron chi connectivity index (χ3n) is 4.86. The molecule has 1 heterocycles. The van der Waals surface area contributed by atoms with Crippen molar-refractivity contribution in [3.63, 3.8) is 0 Å². The Bertz CT molecular complexity index is 549. The third kappa shape index (κ3) is 3.05. The first-order valence-electron chi connectivity index (χ1n) is 7.48. The molecule has 0 spiro atoms. The lowest BCUT2D eigenvalue weighted by Crippen LogP contribution is -2.41. The Hall–Kier alpha value is -0.770. The van der Waals surface area contributed by atoms with Gasteiger partial charge in [0.2, 0.25) is 0 Å². The van der Waals surface area contributed by atoms with Gasteiger partial charge in [-0.2, -0.15) is 0 Å². The molecule has 0 unspecified atom stereocenters. The highest BCUT2D eigenvalue weighted by Crippen LogP contribution is 2.40. The maximum atomic E-state index is 11.6. The molecule has 3 nitrogen and oxygen atoms in total. The van der Waals surface area contributed by atoms with Crippen LogP contribution in [0.4, 0.5) is 0 Å². The molecule has 21 heavy (non-hydrogen) atoms. The molecular formula is C16H19Cl2NO2. The summed E-state index contributed by atoms with van der Waals surface area (Å²) >= 11 is 12.0. The molecule has 1 aliphatic carbocycles. The van der Waals surface area contributed by atoms with Crippen LogP contribution in [-0.2, 0) is 11.3 Å². The van der Waals surface area contributed by atoms with Crippen LogP contribution >= 0.6 is 23.2 Å². The maximum absolute atomic E-state index is 11.6. The van der Waals surface area contributed by atoms with E-state index in [1.807, 2.05) is 12.1 Å². The lowest BCUT2D eigenvalue weighted by molar-refractivity contribution is -0.142. The molecule has 2 fully saturated rings. The van der Waals surface area contributed by atoms with Crippen molar-refractivity contribution < 1.29 is 9.90 Å². The first-order valence-corrected chi connectivity index (χ1v) is 8.24. The molecule has 0 radical (unpaired) electrons. The normalized spacial score (nSPS) is 29.3. The fourth-order valence-corrected chi connectivity index (χ4v) is 4.19. The van der Waals surface area contributed by atoms with Crippen molar-refractivity contribution in [3.05, 3.63) is 33.8 Å². The van der Waals surface area contributed by atoms with E-state index >= 15 is 0 Å². The Kier molecular flexibility index (Phi) is 4.43. The van der Waals surface area contributed by atoms with Crippen LogP contribution in [0.2, 0.25) is 10.0 Å². The van der Waals surface area contributed by atoms with Crippen LogP contribution in [0.3, 0.4) is 0 Å². The SMILES string of the molecule is O=C(O)[C@@H]1C[C@H]2CCCC[C@@H]2N1Cc1ccc(Cl)c(Cl)c1. The zero-order valence-corrected chi connectivity index (χ0v) is 13.3. The number of benzene rings is 1. The Balaban J connectivity index is 1.82. The summed E-state index contributed by atoms with van der Waals surface area (Å²) < 4.78 is 0. The fourth-order valence-electron chi connectivity index (χ4n) is 3.87. The quantitative estimate of drug-likeness (QED) is 0.903. The number of aliphatic carboxylic acids is 1. The van der Waals surface area contributed by atoms with Gasteiger partial charge in [-0.3, -0.25) is 9.69 Å². The zero-order chi connectivity index (χ0) is 15.0. The minimum Gasteiger partial charge on any atom is -0.480 e. The Morgan fingerprint density at radius 3 is 2.71 bits per heavy atom. The van der Waals surface area contributed by atoms with Gasteiger partial charge in [0.05, 0.1) is 10.0 Å². The van der Waals surface area contributed by atoms with Gasteiger partial charge in [0.25, 0.3) is 0 Å². The predicted molar refractivity (Wildman–Crippen MR) is 83.8 cm³/mol. The van der Waals surface area contributed by atoms with Gasteiger partial charge in [-0.1, -0.05) is 42.1 Å². The van der Waals surface area contributed by atoms with Crippen LogP contribution in [-0.4, -0.2) is 28.1 Å². The van der Waals surface area contributed by atoms with Gasteiger partial charge in [-0.05, 0) is 42.9 Å². The number of hydrogen-bond donors (Lipinski definition) is 1. The van der Waals surface area contributed by atoms with Gasteiger partial charge in [0.1, 0.15) is 6.04 Å². The Morgan fingerprint density at radius 2 is 2.00 bits per heavy atom. The summed E-state index contributed by atoms with van der Waals surface area (Å²) in [5.41, 5.74) is 1.03. The van der Waals surface area contributed by atoms with Crippen LogP contribution in [0, 0.1) is 5.92 Å². The number of fused-ring (bicyclic) bond motifs is 1. The molecule has 0 aromatic heterocycles. The van der Waals surface area contributed by atoms with Gasteiger partial charge in [-0.15, -0.1) is 0 Å². The number of halogens is 2. The summed E-state index contributed by atoms with van der Waals surface area (Å²) in [4.78, 5) is 13.7. The van der Waals surface area contributed by atoms with Gasteiger partial charge < -0.3 is 5.11 Å². The maximum Gasteiger partial charge on any atom is 0.320 e. The van der Waals surface area contributed by atoms with Crippen molar-refractivity contribution >= 4 is 29.2 Å². The molecule has 1 N–H and O–H groups in total. The molecule has 114 valence electrons. The van der Waals surface area contributed by atoms with Gasteiger partial charge in [0, 0.05) is 12.6 Å². The number of likely N-dealkylation sites (tertiary alicyclic amines) is 1. The second-order valence-corrected chi connectivity index (χ2v) is 6.94. The molecule has 2 aliphatic rings. The number of carbonyl (C=O) groups is 1. The molecule has 5 heteroatoms. The minimum absolute atomic E-state index is 0.368. The molecule has 1 aromatic rings. The van der Waals surface area contributed by atoms with E-state index in [9.17, 15) is 9.90 Å². The Labute approximate surface area is 134 Å². The summed E-state index contributed by atoms with van der Waals surface area (Å²) in [6.45, 7) is 0.634. The van der Waals surface area contributed by atoms with Crippen molar-refractivity contribution in [1.29, 1.82) is 0 Å². The molecule has 0 bridgehead atoms. The summed E-state index contributed by atoms with van der Waals surface area (Å²) in [5, 5.41) is 10.6. The Morgan fingerprint density at radius 1 is 1.24 bits per heavy atom. The van der Waals surface area contributed by atoms with Crippen molar-refractivity contribution in [2.75, 3.05) is 0 Å². The van der Waals surface area contributed by atoms with E-state index in [0.29, 0.717) is 28.5 Å². The topological polar surface area (TPSA) is 40.5 Å². The summed E-state index contributed by atoms with van der Waals surface area (Å²) in [5.74, 6) is -0.174. The number of hydrogen-bond acceptors (Lipinski definition) is 2. The highest BCUT2D eigenvalue weighted by atomic mass is 35.5. The first-order chi connectivity index (χ1) is 10.1. The predicted octanol–water partition coefficient (Wildman–Crippen LogP) is 4.21. The van der Waals surface area contributed by atoms with E-state index < -0.39 is 5.97 Å². The molecule has 3 atom stereocenters. The van der Waals surface area contributed by atoms with Crippen molar-refractivity contribution in [3.8, 4) is 0 Å². The van der Waals surface area contributed by atoms with Gasteiger partial charge in [-0.25, -0.2) is 0 Å². The average Bonchev–Trinajstić information content (AvgIpc) is 2.82. The van der Waals surface area contributed by atoms with Crippen LogP contribution in [0.25, 0.3) is 0 Å². The molecule has 1 aliphatic heterocycles. The average molecular weight is 328 g/mol. The molecule has 1 aromatic carbocycles. The minimum atomic E-state index is -0.704. The van der Waals surface area contributed by atoms with Crippen LogP contribution in [0.5, 0.6) is 0 Å². The van der Waals surface area contributed by atoms with E-state index in [0.717, 1.165) is 24.8 Å². The van der Waals surface area contributed by atoms with E-state index in [2.05, 4.69) is 4.90 Å². The molecule has 1 saturated carbocycles. The first kappa shape index (κ1) is 15.1. The summed E-state index contributed by atoms with van der Waals surface area (Å²) in [7, 11) is 0. The van der Waals surface area contributed by atoms with Crippen LogP contribution in [0.1, 0.15) is 37.7 Å². The molecule has 3 rings (SSSR count). The van der Waals surface area contributed by atoms with E-state index in [4.69, 9.17) is 23.2 Å². The standard InChI is InChI=1S/C16H19Cl2NO2/c17-12-6-5-10(7-13(12)18)9-19-14-4-2-1-3-11(14)8-15(19)16(20)21/h5-7,11,14-15H,1-4,8-9H2,(H,20,21)/t11-,14+,15+/m1/s1. The number of carboxylic acids is 1. The van der Waals surface area contributed by atoms with Crippen molar-refractivity contribution in [2.45, 2.75) is 50.7 Å². The zero-order valence-electron chi connectivity index (χ0n) is 11.8. The fraction of sp³-hybridized carbons (Fsp3) is 0.562.